The van der Waals surface area contributed by atoms with Gasteiger partial charge >= 0.3 is 0 Å². The molecule has 1 heteroatoms. The van der Waals surface area contributed by atoms with E-state index in [0.29, 0.717) is 11.0 Å². The molecule has 2 aliphatic rings. The van der Waals surface area contributed by atoms with Gasteiger partial charge in [0.25, 0.3) is 0 Å². The Bertz CT molecular complexity index is 160. The third-order valence-corrected chi connectivity index (χ3v) is 3.15. The number of rotatable bonds is 2. The van der Waals surface area contributed by atoms with Crippen molar-refractivity contribution in [3.8, 4) is 0 Å². The van der Waals surface area contributed by atoms with Crippen molar-refractivity contribution in [2.45, 2.75) is 58.0 Å². The molecular formula is C10H19N. The molecule has 0 aromatic carbocycles. The summed E-state index contributed by atoms with van der Waals surface area (Å²) in [5.74, 6) is 0. The second-order valence-corrected chi connectivity index (χ2v) is 5.47. The lowest BCUT2D eigenvalue weighted by molar-refractivity contribution is 0.115. The van der Waals surface area contributed by atoms with Crippen molar-refractivity contribution < 1.29 is 0 Å². The Hall–Kier alpha value is -0.0400. The predicted molar refractivity (Wildman–Crippen MR) is 47.6 cm³/mol. The van der Waals surface area contributed by atoms with Gasteiger partial charge in [0.2, 0.25) is 0 Å². The normalized spacial score (nSPS) is 33.0. The molecule has 1 N–H and O–H groups in total. The first-order chi connectivity index (χ1) is 4.99. The molecule has 0 spiro atoms. The fraction of sp³-hybridized carbons (Fsp3) is 1.00. The van der Waals surface area contributed by atoms with E-state index in [-0.39, 0.29) is 0 Å². The smallest absolute Gasteiger partial charge is 0.0157 e. The highest BCUT2D eigenvalue weighted by Crippen LogP contribution is 2.44. The number of nitrogens with one attached hydrogen (secondary N) is 1. The van der Waals surface area contributed by atoms with Gasteiger partial charge < -0.3 is 5.32 Å². The van der Waals surface area contributed by atoms with E-state index >= 15 is 0 Å². The summed E-state index contributed by atoms with van der Waals surface area (Å²) >= 11 is 0. The summed E-state index contributed by atoms with van der Waals surface area (Å²) in [5.41, 5.74) is 1.17. The highest BCUT2D eigenvalue weighted by atomic mass is 15.1. The van der Waals surface area contributed by atoms with Crippen molar-refractivity contribution in [1.29, 1.82) is 0 Å². The van der Waals surface area contributed by atoms with Crippen LogP contribution in [0.5, 0.6) is 0 Å². The van der Waals surface area contributed by atoms with Crippen molar-refractivity contribution in [3.63, 3.8) is 0 Å². The molecule has 2 saturated carbocycles. The van der Waals surface area contributed by atoms with E-state index in [1.54, 1.807) is 0 Å². The molecule has 0 saturated heterocycles. The molecule has 64 valence electrons. The molecule has 0 amide bonds. The lowest BCUT2D eigenvalue weighted by atomic mass is 9.68. The minimum Gasteiger partial charge on any atom is -0.309 e. The third kappa shape index (κ3) is 1.58. The predicted octanol–water partition coefficient (Wildman–Crippen LogP) is 2.32. The Morgan fingerprint density at radius 3 is 2.00 bits per heavy atom. The number of hydrogen-bond donors (Lipinski definition) is 1. The molecular weight excluding hydrogens is 134 g/mol. The van der Waals surface area contributed by atoms with Crippen molar-refractivity contribution in [2.75, 3.05) is 0 Å². The van der Waals surface area contributed by atoms with Gasteiger partial charge in [-0.3, -0.25) is 0 Å². The molecule has 2 fully saturated rings. The first-order valence-electron chi connectivity index (χ1n) is 4.77. The van der Waals surface area contributed by atoms with E-state index in [1.165, 1.54) is 25.7 Å². The molecule has 2 rings (SSSR count). The first kappa shape index (κ1) is 7.60. The van der Waals surface area contributed by atoms with Gasteiger partial charge in [0.15, 0.2) is 0 Å². The van der Waals surface area contributed by atoms with Crippen LogP contribution in [0.2, 0.25) is 0 Å². The van der Waals surface area contributed by atoms with Gasteiger partial charge in [-0.25, -0.2) is 0 Å². The highest BCUT2D eigenvalue weighted by molar-refractivity contribution is 5.03. The summed E-state index contributed by atoms with van der Waals surface area (Å²) < 4.78 is 0. The number of hydrogen-bond acceptors (Lipinski definition) is 1. The van der Waals surface area contributed by atoms with Gasteiger partial charge in [0.05, 0.1) is 0 Å². The summed E-state index contributed by atoms with van der Waals surface area (Å²) in [5, 5.41) is 3.72. The van der Waals surface area contributed by atoms with E-state index < -0.39 is 0 Å². The average molecular weight is 153 g/mol. The van der Waals surface area contributed by atoms with Crippen molar-refractivity contribution >= 4 is 0 Å². The standard InChI is InChI=1S/C10H19N/c1-9(2)6-8(7-9)11-10(3)4-5-10/h8,11H,4-7H2,1-3H3. The Labute approximate surface area is 69.6 Å². The Morgan fingerprint density at radius 1 is 1.09 bits per heavy atom. The quantitative estimate of drug-likeness (QED) is 0.642. The molecule has 1 nitrogen and oxygen atoms in total. The molecule has 0 aromatic heterocycles. The van der Waals surface area contributed by atoms with Crippen LogP contribution >= 0.6 is 0 Å². The van der Waals surface area contributed by atoms with Crippen molar-refractivity contribution in [1.82, 2.24) is 5.32 Å². The van der Waals surface area contributed by atoms with Gasteiger partial charge in [0.1, 0.15) is 0 Å². The molecule has 0 atom stereocenters. The Balaban J connectivity index is 1.75. The van der Waals surface area contributed by atoms with Crippen LogP contribution in [-0.2, 0) is 0 Å². The van der Waals surface area contributed by atoms with E-state index in [9.17, 15) is 0 Å². The Morgan fingerprint density at radius 2 is 1.64 bits per heavy atom. The molecule has 0 aliphatic heterocycles. The second kappa shape index (κ2) is 2.01. The van der Waals surface area contributed by atoms with Crippen LogP contribution in [-0.4, -0.2) is 11.6 Å². The van der Waals surface area contributed by atoms with Crippen LogP contribution in [0.15, 0.2) is 0 Å². The van der Waals surface area contributed by atoms with Crippen molar-refractivity contribution in [2.24, 2.45) is 5.41 Å². The second-order valence-electron chi connectivity index (χ2n) is 5.47. The lowest BCUT2D eigenvalue weighted by Gasteiger charge is -2.44. The zero-order valence-electron chi connectivity index (χ0n) is 7.91. The summed E-state index contributed by atoms with van der Waals surface area (Å²) in [6.45, 7) is 7.07. The monoisotopic (exact) mass is 153 g/mol. The maximum absolute atomic E-state index is 3.72. The largest absolute Gasteiger partial charge is 0.309 e. The molecule has 0 heterocycles. The van der Waals surface area contributed by atoms with E-state index in [4.69, 9.17) is 0 Å². The van der Waals surface area contributed by atoms with Crippen LogP contribution < -0.4 is 5.32 Å². The minimum atomic E-state index is 0.543. The maximum atomic E-state index is 3.72. The van der Waals surface area contributed by atoms with Crippen molar-refractivity contribution in [3.05, 3.63) is 0 Å². The van der Waals surface area contributed by atoms with Gasteiger partial charge in [-0.2, -0.15) is 0 Å². The third-order valence-electron chi connectivity index (χ3n) is 3.15. The SMILES string of the molecule is CC1(C)CC(NC2(C)CC2)C1. The molecule has 0 bridgehead atoms. The first-order valence-corrected chi connectivity index (χ1v) is 4.77. The van der Waals surface area contributed by atoms with E-state index in [1.807, 2.05) is 0 Å². The van der Waals surface area contributed by atoms with Crippen LogP contribution in [0.4, 0.5) is 0 Å². The summed E-state index contributed by atoms with van der Waals surface area (Å²) in [6.07, 6.45) is 5.54. The van der Waals surface area contributed by atoms with Gasteiger partial charge in [0, 0.05) is 11.6 Å². The lowest BCUT2D eigenvalue weighted by Crippen LogP contribution is -2.49. The van der Waals surface area contributed by atoms with Gasteiger partial charge in [-0.15, -0.1) is 0 Å². The molecule has 2 aliphatic carbocycles. The molecule has 11 heavy (non-hydrogen) atoms. The van der Waals surface area contributed by atoms with E-state index in [0.717, 1.165) is 6.04 Å². The molecule has 0 unspecified atom stereocenters. The molecule has 0 aromatic rings. The summed E-state index contributed by atoms with van der Waals surface area (Å²) in [6, 6.07) is 0.831. The zero-order valence-corrected chi connectivity index (χ0v) is 7.91. The topological polar surface area (TPSA) is 12.0 Å². The summed E-state index contributed by atoms with van der Waals surface area (Å²) in [7, 11) is 0. The Kier molecular flexibility index (Phi) is 1.39. The zero-order chi connectivity index (χ0) is 8.11. The van der Waals surface area contributed by atoms with Gasteiger partial charge in [-0.05, 0) is 38.0 Å². The van der Waals surface area contributed by atoms with Gasteiger partial charge in [-0.1, -0.05) is 13.8 Å². The average Bonchev–Trinajstić information content (AvgIpc) is 2.42. The maximum Gasteiger partial charge on any atom is 0.0157 e. The minimum absolute atomic E-state index is 0.543. The molecule has 0 radical (unpaired) electrons. The fourth-order valence-electron chi connectivity index (χ4n) is 2.20. The van der Waals surface area contributed by atoms with Crippen LogP contribution in [0, 0.1) is 5.41 Å². The van der Waals surface area contributed by atoms with Crippen LogP contribution in [0.1, 0.15) is 46.5 Å². The fourth-order valence-corrected chi connectivity index (χ4v) is 2.20. The summed E-state index contributed by atoms with van der Waals surface area (Å²) in [4.78, 5) is 0. The van der Waals surface area contributed by atoms with E-state index in [2.05, 4.69) is 26.1 Å². The van der Waals surface area contributed by atoms with Crippen LogP contribution in [0.3, 0.4) is 0 Å². The van der Waals surface area contributed by atoms with Crippen LogP contribution in [0.25, 0.3) is 0 Å². The highest BCUT2D eigenvalue weighted by Gasteiger charge is 2.44.